The first-order valence-corrected chi connectivity index (χ1v) is 3.73. The highest BCUT2D eigenvalue weighted by molar-refractivity contribution is 5.95. The summed E-state index contributed by atoms with van der Waals surface area (Å²) in [5.41, 5.74) is 5.87. The van der Waals surface area contributed by atoms with Crippen LogP contribution >= 0.6 is 0 Å². The lowest BCUT2D eigenvalue weighted by Crippen LogP contribution is -2.08. The van der Waals surface area contributed by atoms with Gasteiger partial charge in [-0.25, -0.2) is 9.18 Å². The molecule has 0 atom stereocenters. The largest absolute Gasteiger partial charge is 0.478 e. The van der Waals surface area contributed by atoms with Crippen LogP contribution in [0.25, 0.3) is 0 Å². The van der Waals surface area contributed by atoms with Crippen LogP contribution in [0.4, 0.5) is 10.1 Å². The van der Waals surface area contributed by atoms with Gasteiger partial charge < -0.3 is 10.8 Å². The zero-order valence-corrected chi connectivity index (χ0v) is 7.39. The second-order valence-corrected chi connectivity index (χ2v) is 2.92. The molecule has 0 saturated heterocycles. The molecule has 70 valence electrons. The fourth-order valence-corrected chi connectivity index (χ4v) is 1.19. The van der Waals surface area contributed by atoms with Crippen LogP contribution in [0.2, 0.25) is 0 Å². The number of aryl methyl sites for hydroxylation is 2. The Bertz CT molecular complexity index is 348. The first-order valence-electron chi connectivity index (χ1n) is 3.73. The Morgan fingerprint density at radius 3 is 2.46 bits per heavy atom. The number of halogens is 1. The molecule has 0 aliphatic rings. The first kappa shape index (κ1) is 9.51. The zero-order valence-electron chi connectivity index (χ0n) is 7.39. The van der Waals surface area contributed by atoms with Crippen LogP contribution < -0.4 is 5.73 Å². The monoisotopic (exact) mass is 183 g/mol. The molecule has 0 aliphatic heterocycles. The maximum Gasteiger partial charge on any atom is 0.340 e. The predicted molar refractivity (Wildman–Crippen MR) is 47.2 cm³/mol. The molecule has 0 spiro atoms. The van der Waals surface area contributed by atoms with E-state index in [0.29, 0.717) is 11.1 Å². The number of anilines is 1. The second kappa shape index (κ2) is 3.05. The quantitative estimate of drug-likeness (QED) is 0.651. The fraction of sp³-hybridized carbons (Fsp3) is 0.222. The number of carbonyl (C=O) groups is 1. The highest BCUT2D eigenvalue weighted by atomic mass is 19.1. The Morgan fingerprint density at radius 1 is 1.46 bits per heavy atom. The van der Waals surface area contributed by atoms with Crippen molar-refractivity contribution >= 4 is 11.7 Å². The molecule has 0 heterocycles. The molecular weight excluding hydrogens is 173 g/mol. The molecule has 0 radical (unpaired) electrons. The topological polar surface area (TPSA) is 63.3 Å². The van der Waals surface area contributed by atoms with Crippen molar-refractivity contribution in [1.82, 2.24) is 0 Å². The van der Waals surface area contributed by atoms with Crippen molar-refractivity contribution in [2.45, 2.75) is 13.8 Å². The molecule has 13 heavy (non-hydrogen) atoms. The van der Waals surface area contributed by atoms with Gasteiger partial charge in [0, 0.05) is 0 Å². The van der Waals surface area contributed by atoms with Gasteiger partial charge in [-0.2, -0.15) is 0 Å². The SMILES string of the molecule is Cc1cc(C)c(F)c(C(=O)O)c1N. The number of hydrogen-bond acceptors (Lipinski definition) is 2. The minimum absolute atomic E-state index is 0.00407. The summed E-state index contributed by atoms with van der Waals surface area (Å²) in [6.45, 7) is 3.16. The third-order valence-corrected chi connectivity index (χ3v) is 1.91. The van der Waals surface area contributed by atoms with E-state index in [2.05, 4.69) is 0 Å². The molecule has 3 nitrogen and oxygen atoms in total. The first-order chi connectivity index (χ1) is 5.95. The third kappa shape index (κ3) is 1.47. The van der Waals surface area contributed by atoms with E-state index in [9.17, 15) is 9.18 Å². The molecule has 3 N–H and O–H groups in total. The Balaban J connectivity index is 3.56. The van der Waals surface area contributed by atoms with Gasteiger partial charge in [-0.15, -0.1) is 0 Å². The standard InChI is InChI=1S/C9H10FNO2/c1-4-3-5(2)8(11)6(7(4)10)9(12)13/h3H,11H2,1-2H3,(H,12,13). The van der Waals surface area contributed by atoms with Crippen molar-refractivity contribution < 1.29 is 14.3 Å². The zero-order chi connectivity index (χ0) is 10.2. The second-order valence-electron chi connectivity index (χ2n) is 2.92. The van der Waals surface area contributed by atoms with Gasteiger partial charge in [-0.1, -0.05) is 6.07 Å². The van der Waals surface area contributed by atoms with E-state index in [4.69, 9.17) is 10.8 Å². The highest BCUT2D eigenvalue weighted by Crippen LogP contribution is 2.23. The normalized spacial score (nSPS) is 10.1. The molecule has 0 saturated carbocycles. The Morgan fingerprint density at radius 2 is 2.00 bits per heavy atom. The van der Waals surface area contributed by atoms with E-state index in [-0.39, 0.29) is 5.69 Å². The summed E-state index contributed by atoms with van der Waals surface area (Å²) in [6, 6.07) is 1.52. The molecule has 0 aromatic heterocycles. The highest BCUT2D eigenvalue weighted by Gasteiger charge is 2.17. The van der Waals surface area contributed by atoms with Crippen LogP contribution in [-0.4, -0.2) is 11.1 Å². The number of rotatable bonds is 1. The van der Waals surface area contributed by atoms with E-state index in [1.165, 1.54) is 13.0 Å². The Kier molecular flexibility index (Phi) is 2.23. The summed E-state index contributed by atoms with van der Waals surface area (Å²) in [5.74, 6) is -2.09. The lowest BCUT2D eigenvalue weighted by Gasteiger charge is -2.07. The van der Waals surface area contributed by atoms with Gasteiger partial charge in [0.1, 0.15) is 11.4 Å². The van der Waals surface area contributed by atoms with Gasteiger partial charge in [-0.3, -0.25) is 0 Å². The van der Waals surface area contributed by atoms with Gasteiger partial charge in [-0.05, 0) is 25.0 Å². The molecule has 0 unspecified atom stereocenters. The molecule has 0 bridgehead atoms. The predicted octanol–water partition coefficient (Wildman–Crippen LogP) is 1.72. The average Bonchev–Trinajstić information content (AvgIpc) is 2.01. The summed E-state index contributed by atoms with van der Waals surface area (Å²) < 4.78 is 13.2. The van der Waals surface area contributed by atoms with Gasteiger partial charge in [0.2, 0.25) is 0 Å². The van der Waals surface area contributed by atoms with Crippen molar-refractivity contribution in [1.29, 1.82) is 0 Å². The van der Waals surface area contributed by atoms with E-state index in [0.717, 1.165) is 0 Å². The maximum atomic E-state index is 13.2. The van der Waals surface area contributed by atoms with Crippen LogP contribution in [0.15, 0.2) is 6.07 Å². The van der Waals surface area contributed by atoms with E-state index < -0.39 is 17.3 Å². The van der Waals surface area contributed by atoms with Crippen molar-refractivity contribution in [3.63, 3.8) is 0 Å². The number of aromatic carboxylic acids is 1. The molecule has 0 amide bonds. The van der Waals surface area contributed by atoms with E-state index >= 15 is 0 Å². The smallest absolute Gasteiger partial charge is 0.340 e. The minimum atomic E-state index is -1.33. The van der Waals surface area contributed by atoms with Gasteiger partial charge in [0.25, 0.3) is 0 Å². The van der Waals surface area contributed by atoms with Gasteiger partial charge >= 0.3 is 5.97 Å². The molecule has 1 aromatic carbocycles. The summed E-state index contributed by atoms with van der Waals surface area (Å²) in [5, 5.41) is 8.68. The number of carboxylic acids is 1. The number of carboxylic acid groups (broad SMARTS) is 1. The van der Waals surface area contributed by atoms with Crippen LogP contribution in [0.3, 0.4) is 0 Å². The van der Waals surface area contributed by atoms with Crippen molar-refractivity contribution in [2.24, 2.45) is 0 Å². The van der Waals surface area contributed by atoms with Crippen LogP contribution in [0, 0.1) is 19.7 Å². The fourth-order valence-electron chi connectivity index (χ4n) is 1.19. The molecule has 0 aliphatic carbocycles. The maximum absolute atomic E-state index is 13.2. The number of nitrogens with two attached hydrogens (primary N) is 1. The van der Waals surface area contributed by atoms with E-state index in [1.54, 1.807) is 6.92 Å². The summed E-state index contributed by atoms with van der Waals surface area (Å²) in [6.07, 6.45) is 0. The lowest BCUT2D eigenvalue weighted by atomic mass is 10.0. The van der Waals surface area contributed by atoms with Crippen LogP contribution in [-0.2, 0) is 0 Å². The van der Waals surface area contributed by atoms with E-state index in [1.807, 2.05) is 0 Å². The Hall–Kier alpha value is -1.58. The summed E-state index contributed by atoms with van der Waals surface area (Å²) >= 11 is 0. The van der Waals surface area contributed by atoms with Crippen LogP contribution in [0.1, 0.15) is 21.5 Å². The van der Waals surface area contributed by atoms with Gasteiger partial charge in [0.05, 0.1) is 5.69 Å². The van der Waals surface area contributed by atoms with Crippen LogP contribution in [0.5, 0.6) is 0 Å². The average molecular weight is 183 g/mol. The Labute approximate surface area is 75.0 Å². The molecule has 1 rings (SSSR count). The molecule has 4 heteroatoms. The van der Waals surface area contributed by atoms with Gasteiger partial charge in [0.15, 0.2) is 0 Å². The third-order valence-electron chi connectivity index (χ3n) is 1.91. The molecule has 1 aromatic rings. The van der Waals surface area contributed by atoms with Crippen molar-refractivity contribution in [3.8, 4) is 0 Å². The number of hydrogen-bond donors (Lipinski definition) is 2. The van der Waals surface area contributed by atoms with Crippen molar-refractivity contribution in [2.75, 3.05) is 5.73 Å². The summed E-state index contributed by atoms with van der Waals surface area (Å²) in [7, 11) is 0. The molecule has 0 fully saturated rings. The van der Waals surface area contributed by atoms with Crippen molar-refractivity contribution in [3.05, 3.63) is 28.6 Å². The minimum Gasteiger partial charge on any atom is -0.478 e. The number of nitrogen functional groups attached to an aromatic ring is 1. The lowest BCUT2D eigenvalue weighted by molar-refractivity contribution is 0.0693. The molecular formula is C9H10FNO2. The number of benzene rings is 1. The summed E-state index contributed by atoms with van der Waals surface area (Å²) in [4.78, 5) is 10.6.